The maximum absolute atomic E-state index is 14.3. The highest BCUT2D eigenvalue weighted by molar-refractivity contribution is 5.95. The Labute approximate surface area is 792 Å². The number of nitrogens with two attached hydrogens (primary N) is 4. The SMILES string of the molecule is CC(=O)[C@H](CCCCNC(=O)[C@@H](N)CCCCCC(=O)[C@@H](N)CCCCNC(=O)CC[C@H](CC(=O)CCCCCCCCCCCOc1ccc(C(=O)O)cc1)C(=O)O)CC(=O)[C@H](CCCCNC(=O)[C@@H](N)CCCCNC(=O)[C@@H](N)CCCCCC(=O)CC[C@H](NC(=O)CCCCCCCCCCCOc1ccc(C(=O)O)cc1)C(=O)O)CC(=O)C(C)(C)CC(=O)CCc1cnc[nH]1. The van der Waals surface area contributed by atoms with Crippen molar-refractivity contribution in [3.8, 4) is 11.5 Å². The number of carbonyl (C=O) groups excluding carboxylic acids is 12. The molecule has 134 heavy (non-hydrogen) atoms. The maximum Gasteiger partial charge on any atom is 0.335 e. The minimum atomic E-state index is -1.19. The number of Topliss-reactive ketones (excluding diaryl/α,β-unsaturated/α-hetero) is 7. The monoisotopic (exact) mass is 1880 g/mol. The van der Waals surface area contributed by atoms with E-state index in [0.717, 1.165) is 108 Å². The quantitative estimate of drug-likeness (QED) is 0.0233. The van der Waals surface area contributed by atoms with Crippen LogP contribution in [0.1, 0.15) is 375 Å². The van der Waals surface area contributed by atoms with Gasteiger partial charge in [-0.3, -0.25) is 62.3 Å². The van der Waals surface area contributed by atoms with Crippen LogP contribution in [-0.2, 0) is 73.5 Å². The zero-order valence-corrected chi connectivity index (χ0v) is 80.3. The minimum Gasteiger partial charge on any atom is -0.494 e. The average molecular weight is 1880 g/mol. The molecule has 33 nitrogen and oxygen atoms in total. The number of aromatic carboxylic acids is 2. The molecule has 0 saturated carbocycles. The molecule has 18 N–H and O–H groups in total. The van der Waals surface area contributed by atoms with Crippen LogP contribution in [0.25, 0.3) is 0 Å². The number of aromatic nitrogens is 2. The summed E-state index contributed by atoms with van der Waals surface area (Å²) in [6.07, 6.45) is 31.9. The third-order valence-electron chi connectivity index (χ3n) is 24.7. The van der Waals surface area contributed by atoms with Crippen LogP contribution in [-0.4, -0.2) is 194 Å². The Morgan fingerprint density at radius 2 is 0.784 bits per heavy atom. The standard InChI is InChI=1S/C101H161N11O22/c1-72(113)75(36-26-30-61-108-94(122)86(104)42-23-19-24-44-89(117)84(102)40-28-32-60-107-92(120)59-50-77(99(129)130)66-80(115)39-20-14-10-6-4-8-12-16-34-64-133-82-54-46-73(47-55-82)97(125)126)67-90(118)76(68-91(119)101(2,3)69-81(116)52-51-78-70-106-71-111-78)37-27-31-62-109-96(124)87(105)43-29-33-63-110-95(123)85(103)41-22-18-21-38-79(114)53-58-88(100(131)132)112-93(121)45-25-15-11-7-5-9-13-17-35-65-134-83-56-48-74(49-57-83)98(127)128/h46-49,54-57,70-71,75-77,84-88H,4-45,50-53,58-69,102-105H2,1-3H3,(H,106,111)(H,107,120)(H,108,122)(H,109,124)(H,110,123)(H,112,121)(H,125,126)(H,127,128)(H,129,130)(H,131,132)/t75-,76-,77-,84+,85+,86+,87+,88+/m1/s1. The van der Waals surface area contributed by atoms with Gasteiger partial charge < -0.3 is 84.4 Å². The Kier molecular flexibility index (Phi) is 63.1. The second-order valence-electron chi connectivity index (χ2n) is 36.8. The van der Waals surface area contributed by atoms with Gasteiger partial charge in [0.15, 0.2) is 0 Å². The van der Waals surface area contributed by atoms with Crippen LogP contribution in [0.4, 0.5) is 0 Å². The fraction of sp³-hybridized carbons (Fsp3) is 0.693. The summed E-state index contributed by atoms with van der Waals surface area (Å²) >= 11 is 0. The van der Waals surface area contributed by atoms with Gasteiger partial charge in [0.25, 0.3) is 0 Å². The molecule has 1 heterocycles. The van der Waals surface area contributed by atoms with E-state index < -0.39 is 77.3 Å². The van der Waals surface area contributed by atoms with E-state index in [-0.39, 0.29) is 178 Å². The van der Waals surface area contributed by atoms with E-state index in [1.165, 1.54) is 37.5 Å². The largest absolute Gasteiger partial charge is 0.494 e. The number of rotatable bonds is 87. The first-order valence-electron chi connectivity index (χ1n) is 49.6. The highest BCUT2D eigenvalue weighted by Crippen LogP contribution is 2.31. The number of benzene rings is 2. The van der Waals surface area contributed by atoms with Crippen LogP contribution >= 0.6 is 0 Å². The molecule has 3 rings (SSSR count). The normalized spacial score (nSPS) is 13.2. The third-order valence-corrected chi connectivity index (χ3v) is 24.7. The summed E-state index contributed by atoms with van der Waals surface area (Å²) in [6, 6.07) is 8.48. The predicted octanol–water partition coefficient (Wildman–Crippen LogP) is 13.7. The number of H-pyrrole nitrogens is 1. The van der Waals surface area contributed by atoms with Gasteiger partial charge in [-0.05, 0) is 190 Å². The summed E-state index contributed by atoms with van der Waals surface area (Å²) < 4.78 is 11.4. The Balaban J connectivity index is 1.25. The molecule has 3 aromatic rings. The average Bonchev–Trinajstić information content (AvgIpc) is 0.862. The number of nitrogens with zero attached hydrogens (tertiary/aromatic N) is 1. The van der Waals surface area contributed by atoms with Crippen molar-refractivity contribution >= 4 is 93.9 Å². The lowest BCUT2D eigenvalue weighted by Crippen LogP contribution is -2.42. The van der Waals surface area contributed by atoms with Crippen molar-refractivity contribution in [2.75, 3.05) is 39.4 Å². The van der Waals surface area contributed by atoms with E-state index in [0.29, 0.717) is 185 Å². The maximum atomic E-state index is 14.3. The fourth-order valence-corrected chi connectivity index (χ4v) is 15.9. The first kappa shape index (κ1) is 118. The molecule has 752 valence electrons. The van der Waals surface area contributed by atoms with Gasteiger partial charge in [0.05, 0.1) is 60.8 Å². The van der Waals surface area contributed by atoms with Crippen LogP contribution in [0.2, 0.25) is 0 Å². The van der Waals surface area contributed by atoms with Crippen LogP contribution in [0.15, 0.2) is 61.1 Å². The number of carboxylic acids is 4. The number of ether oxygens (including phenoxy) is 2. The number of aryl methyl sites for hydroxylation is 1. The van der Waals surface area contributed by atoms with Crippen molar-refractivity contribution in [2.24, 2.45) is 46.1 Å². The molecule has 0 fully saturated rings. The second-order valence-corrected chi connectivity index (χ2v) is 36.8. The lowest BCUT2D eigenvalue weighted by molar-refractivity contribution is -0.144. The number of amides is 5. The first-order chi connectivity index (χ1) is 64.1. The zero-order valence-electron chi connectivity index (χ0n) is 80.3. The molecular formula is C101H161N11O22. The molecule has 0 unspecified atom stereocenters. The topological polar surface area (TPSA) is 565 Å². The lowest BCUT2D eigenvalue weighted by atomic mass is 9.76. The Morgan fingerprint density at radius 3 is 1.23 bits per heavy atom. The van der Waals surface area contributed by atoms with Crippen LogP contribution in [0, 0.1) is 23.2 Å². The van der Waals surface area contributed by atoms with Gasteiger partial charge in [0.1, 0.15) is 58.0 Å². The van der Waals surface area contributed by atoms with Crippen molar-refractivity contribution in [1.29, 1.82) is 0 Å². The van der Waals surface area contributed by atoms with Crippen molar-refractivity contribution < 1.29 is 107 Å². The summed E-state index contributed by atoms with van der Waals surface area (Å²) in [4.78, 5) is 210. The molecular weight excluding hydrogens is 1720 g/mol. The zero-order chi connectivity index (χ0) is 98.7. The molecule has 0 spiro atoms. The van der Waals surface area contributed by atoms with E-state index in [4.69, 9.17) is 42.6 Å². The van der Waals surface area contributed by atoms with Crippen molar-refractivity contribution in [3.63, 3.8) is 0 Å². The van der Waals surface area contributed by atoms with Gasteiger partial charge in [-0.1, -0.05) is 142 Å². The molecule has 0 aliphatic carbocycles. The number of aromatic amines is 1. The van der Waals surface area contributed by atoms with Crippen LogP contribution in [0.5, 0.6) is 11.5 Å². The van der Waals surface area contributed by atoms with E-state index in [9.17, 15) is 86.9 Å². The van der Waals surface area contributed by atoms with Gasteiger partial charge in [0, 0.05) is 126 Å². The summed E-state index contributed by atoms with van der Waals surface area (Å²) in [5, 5.41) is 51.5. The summed E-state index contributed by atoms with van der Waals surface area (Å²) in [5.74, 6) is -8.14. The predicted molar refractivity (Wildman–Crippen MR) is 512 cm³/mol. The Hall–Kier alpha value is -9.99. The molecule has 0 aliphatic rings. The smallest absolute Gasteiger partial charge is 0.335 e. The van der Waals surface area contributed by atoms with Gasteiger partial charge in [0.2, 0.25) is 29.5 Å². The molecule has 0 radical (unpaired) electrons. The Bertz CT molecular complexity index is 3970. The number of hydrogen-bond donors (Lipinski definition) is 14. The third kappa shape index (κ3) is 57.0. The number of aliphatic carboxylic acids is 2. The minimum absolute atomic E-state index is 0.00809. The molecule has 1 aromatic heterocycles. The second kappa shape index (κ2) is 71.5. The van der Waals surface area contributed by atoms with E-state index in [1.807, 2.05) is 0 Å². The van der Waals surface area contributed by atoms with Gasteiger partial charge in [-0.25, -0.2) is 19.4 Å². The van der Waals surface area contributed by atoms with Gasteiger partial charge in [-0.2, -0.15) is 0 Å². The summed E-state index contributed by atoms with van der Waals surface area (Å²) in [6.45, 7) is 7.13. The number of hydrogen-bond acceptors (Lipinski definition) is 23. The number of ketones is 7. The lowest BCUT2D eigenvalue weighted by Gasteiger charge is -2.26. The molecule has 0 aliphatic heterocycles. The van der Waals surface area contributed by atoms with Crippen LogP contribution < -0.4 is 59.0 Å². The highest BCUT2D eigenvalue weighted by Gasteiger charge is 2.35. The van der Waals surface area contributed by atoms with E-state index in [1.54, 1.807) is 44.3 Å². The van der Waals surface area contributed by atoms with Crippen molar-refractivity contribution in [1.82, 2.24) is 36.6 Å². The Morgan fingerprint density at radius 1 is 0.373 bits per heavy atom. The highest BCUT2D eigenvalue weighted by atomic mass is 16.5. The van der Waals surface area contributed by atoms with Crippen LogP contribution in [0.3, 0.4) is 0 Å². The number of carbonyl (C=O) groups is 16. The number of imidazole rings is 1. The first-order valence-corrected chi connectivity index (χ1v) is 49.6. The number of nitrogens with one attached hydrogen (secondary N) is 6. The number of carboxylic acid groups (broad SMARTS) is 4. The van der Waals surface area contributed by atoms with E-state index >= 15 is 0 Å². The molecule has 0 bridgehead atoms. The van der Waals surface area contributed by atoms with E-state index in [2.05, 4.69) is 36.6 Å². The van der Waals surface area contributed by atoms with Gasteiger partial charge >= 0.3 is 23.9 Å². The summed E-state index contributed by atoms with van der Waals surface area (Å²) in [7, 11) is 0. The molecule has 8 atom stereocenters. The molecule has 2 aromatic carbocycles. The summed E-state index contributed by atoms with van der Waals surface area (Å²) in [5.41, 5.74) is 25.0. The van der Waals surface area contributed by atoms with Crippen molar-refractivity contribution in [3.05, 3.63) is 77.9 Å². The molecule has 33 heteroatoms. The fourth-order valence-electron chi connectivity index (χ4n) is 15.9. The van der Waals surface area contributed by atoms with Gasteiger partial charge in [-0.15, -0.1) is 0 Å². The number of unbranched alkanes of at least 4 members (excludes halogenated alkanes) is 24. The molecule has 5 amide bonds. The molecule has 0 saturated heterocycles. The van der Waals surface area contributed by atoms with Crippen molar-refractivity contribution in [2.45, 2.75) is 385 Å².